The molecule has 14 heavy (non-hydrogen) atoms. The second-order valence-corrected chi connectivity index (χ2v) is 5.67. The third-order valence-electron chi connectivity index (χ3n) is 1.73. The van der Waals surface area contributed by atoms with Crippen molar-refractivity contribution in [1.82, 2.24) is 4.98 Å². The molecule has 6 heteroatoms. The second-order valence-electron chi connectivity index (χ2n) is 2.67. The van der Waals surface area contributed by atoms with Gasteiger partial charge in [-0.1, -0.05) is 6.92 Å². The Kier molecular flexibility index (Phi) is 3.60. The molecule has 0 fully saturated rings. The van der Waals surface area contributed by atoms with Gasteiger partial charge in [0.05, 0.1) is 10.6 Å². The van der Waals surface area contributed by atoms with E-state index in [1.807, 2.05) is 0 Å². The van der Waals surface area contributed by atoms with Crippen LogP contribution >= 0.6 is 15.9 Å². The zero-order chi connectivity index (χ0) is 10.8. The lowest BCUT2D eigenvalue weighted by atomic mass is 10.3. The maximum atomic E-state index is 12.3. The molecule has 0 bridgehead atoms. The summed E-state index contributed by atoms with van der Waals surface area (Å²) >= 11 is 3.02. The molecule has 0 aliphatic heterocycles. The van der Waals surface area contributed by atoms with E-state index in [1.54, 1.807) is 0 Å². The highest BCUT2D eigenvalue weighted by Crippen LogP contribution is 2.21. The maximum Gasteiger partial charge on any atom is 0.180 e. The highest BCUT2D eigenvalue weighted by atomic mass is 79.9. The largest absolute Gasteiger partial charge is 0.248 e. The van der Waals surface area contributed by atoms with E-state index in [-0.39, 0.29) is 20.8 Å². The Balaban J connectivity index is 3.33. The van der Waals surface area contributed by atoms with Gasteiger partial charge in [0.25, 0.3) is 0 Å². The molecule has 0 amide bonds. The van der Waals surface area contributed by atoms with Gasteiger partial charge in [0.15, 0.2) is 9.84 Å². The van der Waals surface area contributed by atoms with Crippen LogP contribution in [0, 0.1) is 0 Å². The van der Waals surface area contributed by atoms with Gasteiger partial charge >= 0.3 is 0 Å². The van der Waals surface area contributed by atoms with Crippen molar-refractivity contribution in [3.8, 4) is 0 Å². The van der Waals surface area contributed by atoms with Crippen molar-refractivity contribution in [3.63, 3.8) is 0 Å². The van der Waals surface area contributed by atoms with E-state index < -0.39 is 16.5 Å². The molecule has 0 aliphatic rings. The molecule has 78 valence electrons. The smallest absolute Gasteiger partial charge is 0.180 e. The molecule has 0 saturated heterocycles. The van der Waals surface area contributed by atoms with Gasteiger partial charge in [-0.25, -0.2) is 17.8 Å². The van der Waals surface area contributed by atoms with Crippen molar-refractivity contribution in [3.05, 3.63) is 22.4 Å². The highest BCUT2D eigenvalue weighted by molar-refractivity contribution is 9.10. The van der Waals surface area contributed by atoms with Crippen molar-refractivity contribution in [2.75, 3.05) is 5.75 Å². The summed E-state index contributed by atoms with van der Waals surface area (Å²) < 4.78 is 35.5. The molecule has 0 aliphatic carbocycles. The summed E-state index contributed by atoms with van der Waals surface area (Å²) in [5.74, 6) is -0.0248. The first-order chi connectivity index (χ1) is 6.51. The van der Waals surface area contributed by atoms with Crippen molar-refractivity contribution in [2.45, 2.75) is 18.5 Å². The summed E-state index contributed by atoms with van der Waals surface area (Å²) in [6.07, 6.45) is 1.30. The van der Waals surface area contributed by atoms with Crippen LogP contribution in [0.5, 0.6) is 0 Å². The van der Waals surface area contributed by atoms with Crippen LogP contribution in [-0.2, 0) is 16.5 Å². The molecule has 1 heterocycles. The summed E-state index contributed by atoms with van der Waals surface area (Å²) in [5, 5.41) is 0. The Morgan fingerprint density at radius 1 is 1.57 bits per heavy atom. The second kappa shape index (κ2) is 4.35. The van der Waals surface area contributed by atoms with Crippen LogP contribution < -0.4 is 0 Å². The summed E-state index contributed by atoms with van der Waals surface area (Å²) in [6, 6.07) is 1.30. The van der Waals surface area contributed by atoms with Crippen LogP contribution in [0.1, 0.15) is 12.5 Å². The normalized spacial score (nSPS) is 11.6. The van der Waals surface area contributed by atoms with Gasteiger partial charge in [-0.2, -0.15) is 0 Å². The molecular formula is C8H9BrFNO2S. The van der Waals surface area contributed by atoms with Crippen molar-refractivity contribution in [2.24, 2.45) is 0 Å². The SMILES string of the molecule is CCS(=O)(=O)c1cc(CF)cnc1Br. The number of sulfone groups is 1. The van der Waals surface area contributed by atoms with Gasteiger partial charge in [0.1, 0.15) is 11.3 Å². The van der Waals surface area contributed by atoms with Crippen LogP contribution in [0.25, 0.3) is 0 Å². The molecule has 1 aromatic rings. The summed E-state index contributed by atoms with van der Waals surface area (Å²) in [4.78, 5) is 3.81. The van der Waals surface area contributed by atoms with Crippen LogP contribution in [0.3, 0.4) is 0 Å². The van der Waals surface area contributed by atoms with E-state index in [9.17, 15) is 12.8 Å². The van der Waals surface area contributed by atoms with Gasteiger partial charge < -0.3 is 0 Å². The summed E-state index contributed by atoms with van der Waals surface area (Å²) in [5.41, 5.74) is 0.264. The Morgan fingerprint density at radius 3 is 2.71 bits per heavy atom. The van der Waals surface area contributed by atoms with Crippen LogP contribution in [0.2, 0.25) is 0 Å². The van der Waals surface area contributed by atoms with Gasteiger partial charge in [0, 0.05) is 11.8 Å². The first-order valence-corrected chi connectivity index (χ1v) is 6.39. The van der Waals surface area contributed by atoms with E-state index in [4.69, 9.17) is 0 Å². The summed E-state index contributed by atoms with van der Waals surface area (Å²) in [7, 11) is -3.34. The minimum Gasteiger partial charge on any atom is -0.248 e. The molecule has 0 unspecified atom stereocenters. The molecule has 1 rings (SSSR count). The molecule has 0 aromatic carbocycles. The molecule has 1 aromatic heterocycles. The number of pyridine rings is 1. The standard InChI is InChI=1S/C8H9BrFNO2S/c1-2-14(12,13)7-3-6(4-10)5-11-8(7)9/h3,5H,2,4H2,1H3. The Bertz CT molecular complexity index is 433. The maximum absolute atomic E-state index is 12.3. The monoisotopic (exact) mass is 281 g/mol. The third kappa shape index (κ3) is 2.30. The van der Waals surface area contributed by atoms with Crippen molar-refractivity contribution < 1.29 is 12.8 Å². The Hall–Kier alpha value is -0.490. The van der Waals surface area contributed by atoms with E-state index in [0.29, 0.717) is 0 Å². The van der Waals surface area contributed by atoms with Crippen LogP contribution in [-0.4, -0.2) is 19.2 Å². The molecule has 0 atom stereocenters. The number of rotatable bonds is 3. The predicted octanol–water partition coefficient (Wildman–Crippen LogP) is 2.11. The fourth-order valence-corrected chi connectivity index (χ4v) is 2.82. The van der Waals surface area contributed by atoms with Gasteiger partial charge in [-0.05, 0) is 22.0 Å². The minimum atomic E-state index is -3.34. The molecule has 0 spiro atoms. The number of nitrogens with zero attached hydrogens (tertiary/aromatic N) is 1. The number of hydrogen-bond acceptors (Lipinski definition) is 3. The van der Waals surface area contributed by atoms with E-state index in [0.717, 1.165) is 0 Å². The van der Waals surface area contributed by atoms with Gasteiger partial charge in [-0.3, -0.25) is 0 Å². The molecule has 0 radical (unpaired) electrons. The third-order valence-corrected chi connectivity index (χ3v) is 4.37. The fraction of sp³-hybridized carbons (Fsp3) is 0.375. The van der Waals surface area contributed by atoms with Crippen LogP contribution in [0.4, 0.5) is 4.39 Å². The van der Waals surface area contributed by atoms with E-state index in [1.165, 1.54) is 19.2 Å². The zero-order valence-corrected chi connectivity index (χ0v) is 9.90. The average molecular weight is 282 g/mol. The Morgan fingerprint density at radius 2 is 2.21 bits per heavy atom. The first kappa shape index (κ1) is 11.6. The number of aromatic nitrogens is 1. The first-order valence-electron chi connectivity index (χ1n) is 3.94. The molecule has 0 saturated carbocycles. The van der Waals surface area contributed by atoms with E-state index in [2.05, 4.69) is 20.9 Å². The van der Waals surface area contributed by atoms with Crippen molar-refractivity contribution >= 4 is 25.8 Å². The molecular weight excluding hydrogens is 273 g/mol. The number of halogens is 2. The lowest BCUT2D eigenvalue weighted by molar-refractivity contribution is 0.483. The number of alkyl halides is 1. The zero-order valence-electron chi connectivity index (χ0n) is 7.50. The number of hydrogen-bond donors (Lipinski definition) is 0. The lowest BCUT2D eigenvalue weighted by Crippen LogP contribution is -2.06. The summed E-state index contributed by atoms with van der Waals surface area (Å²) in [6.45, 7) is 0.816. The molecule has 0 N–H and O–H groups in total. The van der Waals surface area contributed by atoms with Crippen molar-refractivity contribution in [1.29, 1.82) is 0 Å². The highest BCUT2D eigenvalue weighted by Gasteiger charge is 2.16. The topological polar surface area (TPSA) is 47.0 Å². The van der Waals surface area contributed by atoms with E-state index >= 15 is 0 Å². The van der Waals surface area contributed by atoms with Gasteiger partial charge in [-0.15, -0.1) is 0 Å². The lowest BCUT2D eigenvalue weighted by Gasteiger charge is -2.04. The van der Waals surface area contributed by atoms with Crippen LogP contribution in [0.15, 0.2) is 21.8 Å². The molecule has 3 nitrogen and oxygen atoms in total. The Labute approximate surface area is 90.4 Å². The predicted molar refractivity (Wildman–Crippen MR) is 54.5 cm³/mol. The minimum absolute atomic E-state index is 0.0248. The van der Waals surface area contributed by atoms with Gasteiger partial charge in [0.2, 0.25) is 0 Å². The fourth-order valence-electron chi connectivity index (χ4n) is 0.915. The average Bonchev–Trinajstić information content (AvgIpc) is 2.18. The quantitative estimate of drug-likeness (QED) is 0.798.